The van der Waals surface area contributed by atoms with Crippen molar-refractivity contribution in [3.63, 3.8) is 0 Å². The molecule has 1 saturated heterocycles. The Bertz CT molecular complexity index is 1020. The Labute approximate surface area is 200 Å². The van der Waals surface area contributed by atoms with Gasteiger partial charge in [-0.25, -0.2) is 4.98 Å². The normalized spacial score (nSPS) is 20.3. The summed E-state index contributed by atoms with van der Waals surface area (Å²) in [5.74, 6) is 2.23. The second kappa shape index (κ2) is 10.8. The summed E-state index contributed by atoms with van der Waals surface area (Å²) in [5, 5.41) is 2.89. The number of rotatable bonds is 8. The SMILES string of the molecule is O=C1CCc2cnc(OCCCCN3CCN(C4=COC(C5=CC=CCC5)=CO4)CC3)cc2N1. The molecule has 3 aliphatic heterocycles. The van der Waals surface area contributed by atoms with Gasteiger partial charge in [-0.05, 0) is 49.8 Å². The van der Waals surface area contributed by atoms with E-state index in [2.05, 4.69) is 38.3 Å². The fourth-order valence-electron chi connectivity index (χ4n) is 4.52. The molecule has 0 atom stereocenters. The van der Waals surface area contributed by atoms with Gasteiger partial charge < -0.3 is 24.4 Å². The molecule has 1 N–H and O–H groups in total. The van der Waals surface area contributed by atoms with E-state index in [1.807, 2.05) is 6.07 Å². The molecule has 4 heterocycles. The van der Waals surface area contributed by atoms with Crippen LogP contribution in [-0.2, 0) is 20.7 Å². The molecule has 34 heavy (non-hydrogen) atoms. The number of allylic oxidation sites excluding steroid dienone is 4. The van der Waals surface area contributed by atoms with E-state index in [0.29, 0.717) is 18.9 Å². The number of pyridine rings is 1. The third-order valence-electron chi connectivity index (χ3n) is 6.56. The van der Waals surface area contributed by atoms with Crippen molar-refractivity contribution in [2.75, 3.05) is 44.6 Å². The lowest BCUT2D eigenvalue weighted by Crippen LogP contribution is -2.46. The predicted octanol–water partition coefficient (Wildman–Crippen LogP) is 3.71. The molecule has 4 aliphatic rings. The van der Waals surface area contributed by atoms with Crippen LogP contribution in [0.25, 0.3) is 0 Å². The summed E-state index contributed by atoms with van der Waals surface area (Å²) < 4.78 is 17.5. The maximum atomic E-state index is 11.6. The zero-order valence-electron chi connectivity index (χ0n) is 19.5. The fourth-order valence-corrected chi connectivity index (χ4v) is 4.52. The van der Waals surface area contributed by atoms with E-state index < -0.39 is 0 Å². The smallest absolute Gasteiger partial charge is 0.231 e. The Morgan fingerprint density at radius 3 is 2.76 bits per heavy atom. The topological polar surface area (TPSA) is 76.2 Å². The van der Waals surface area contributed by atoms with Gasteiger partial charge in [0.15, 0.2) is 12.0 Å². The summed E-state index contributed by atoms with van der Waals surface area (Å²) in [7, 11) is 0. The molecule has 0 saturated carbocycles. The molecular formula is C26H32N4O4. The van der Waals surface area contributed by atoms with Crippen molar-refractivity contribution in [3.8, 4) is 5.88 Å². The molecule has 8 heteroatoms. The van der Waals surface area contributed by atoms with E-state index in [0.717, 1.165) is 87.7 Å². The molecular weight excluding hydrogens is 432 g/mol. The molecule has 0 unspecified atom stereocenters. The Kier molecular flexibility index (Phi) is 7.14. The third-order valence-corrected chi connectivity index (χ3v) is 6.56. The van der Waals surface area contributed by atoms with Gasteiger partial charge in [0.05, 0.1) is 12.3 Å². The number of aromatic nitrogens is 1. The molecule has 1 aromatic heterocycles. The molecule has 0 radical (unpaired) electrons. The molecule has 180 valence electrons. The highest BCUT2D eigenvalue weighted by molar-refractivity contribution is 5.93. The second-order valence-electron chi connectivity index (χ2n) is 8.94. The van der Waals surface area contributed by atoms with Crippen molar-refractivity contribution in [3.05, 3.63) is 65.8 Å². The first-order valence-electron chi connectivity index (χ1n) is 12.2. The summed E-state index contributed by atoms with van der Waals surface area (Å²) >= 11 is 0. The number of amides is 1. The Morgan fingerprint density at radius 1 is 1.06 bits per heavy atom. The Balaban J connectivity index is 0.977. The number of hydrogen-bond acceptors (Lipinski definition) is 7. The number of anilines is 1. The lowest BCUT2D eigenvalue weighted by molar-refractivity contribution is -0.116. The highest BCUT2D eigenvalue weighted by atomic mass is 16.6. The van der Waals surface area contributed by atoms with Crippen LogP contribution in [0.2, 0.25) is 0 Å². The molecule has 0 aromatic carbocycles. The second-order valence-corrected chi connectivity index (χ2v) is 8.94. The van der Waals surface area contributed by atoms with Gasteiger partial charge in [0, 0.05) is 44.9 Å². The number of carbonyl (C=O) groups is 1. The summed E-state index contributed by atoms with van der Waals surface area (Å²) in [6.45, 7) is 5.52. The van der Waals surface area contributed by atoms with E-state index in [9.17, 15) is 4.79 Å². The van der Waals surface area contributed by atoms with Crippen LogP contribution in [0.5, 0.6) is 5.88 Å². The van der Waals surface area contributed by atoms with Crippen LogP contribution in [0.4, 0.5) is 5.69 Å². The number of piperazine rings is 1. The number of aryl methyl sites for hydroxylation is 1. The summed E-state index contributed by atoms with van der Waals surface area (Å²) in [6.07, 6.45) is 16.9. The van der Waals surface area contributed by atoms with Crippen LogP contribution < -0.4 is 10.1 Å². The average molecular weight is 465 g/mol. The molecule has 0 spiro atoms. The quantitative estimate of drug-likeness (QED) is 0.588. The number of carbonyl (C=O) groups excluding carboxylic acids is 1. The minimum Gasteiger partial charge on any atom is -0.478 e. The number of ether oxygens (including phenoxy) is 3. The summed E-state index contributed by atoms with van der Waals surface area (Å²) in [6, 6.07) is 1.83. The zero-order valence-corrected chi connectivity index (χ0v) is 19.5. The van der Waals surface area contributed by atoms with Gasteiger partial charge in [0.2, 0.25) is 17.7 Å². The molecule has 5 rings (SSSR count). The van der Waals surface area contributed by atoms with Crippen molar-refractivity contribution < 1.29 is 19.0 Å². The van der Waals surface area contributed by atoms with Crippen molar-refractivity contribution in [2.24, 2.45) is 0 Å². The van der Waals surface area contributed by atoms with Gasteiger partial charge in [0.25, 0.3) is 0 Å². The maximum absolute atomic E-state index is 11.6. The van der Waals surface area contributed by atoms with Crippen LogP contribution in [0, 0.1) is 0 Å². The molecule has 1 fully saturated rings. The number of fused-ring (bicyclic) bond motifs is 1. The van der Waals surface area contributed by atoms with E-state index in [1.165, 1.54) is 5.57 Å². The van der Waals surface area contributed by atoms with Crippen molar-refractivity contribution >= 4 is 11.6 Å². The van der Waals surface area contributed by atoms with Gasteiger partial charge in [-0.3, -0.25) is 9.69 Å². The maximum Gasteiger partial charge on any atom is 0.231 e. The zero-order chi connectivity index (χ0) is 23.2. The first kappa shape index (κ1) is 22.5. The van der Waals surface area contributed by atoms with Gasteiger partial charge in [0.1, 0.15) is 6.26 Å². The number of hydrogen-bond donors (Lipinski definition) is 1. The minimum atomic E-state index is 0.0552. The van der Waals surface area contributed by atoms with E-state index >= 15 is 0 Å². The van der Waals surface area contributed by atoms with Crippen LogP contribution in [0.15, 0.2) is 60.2 Å². The molecule has 1 amide bonds. The van der Waals surface area contributed by atoms with Crippen molar-refractivity contribution in [2.45, 2.75) is 38.5 Å². The largest absolute Gasteiger partial charge is 0.478 e. The average Bonchev–Trinajstić information content (AvgIpc) is 2.89. The lowest BCUT2D eigenvalue weighted by atomic mass is 10.0. The fraction of sp³-hybridized carbons (Fsp3) is 0.462. The van der Waals surface area contributed by atoms with E-state index in [4.69, 9.17) is 14.2 Å². The molecule has 8 nitrogen and oxygen atoms in total. The molecule has 0 bridgehead atoms. The van der Waals surface area contributed by atoms with Gasteiger partial charge in [-0.1, -0.05) is 18.2 Å². The van der Waals surface area contributed by atoms with Crippen LogP contribution in [-0.4, -0.2) is 60.0 Å². The van der Waals surface area contributed by atoms with Crippen molar-refractivity contribution in [1.82, 2.24) is 14.8 Å². The monoisotopic (exact) mass is 464 g/mol. The summed E-state index contributed by atoms with van der Waals surface area (Å²) in [4.78, 5) is 20.6. The number of unbranched alkanes of at least 4 members (excludes halogenated alkanes) is 1. The van der Waals surface area contributed by atoms with Gasteiger partial charge >= 0.3 is 0 Å². The molecule has 1 aliphatic carbocycles. The highest BCUT2D eigenvalue weighted by Crippen LogP contribution is 2.27. The van der Waals surface area contributed by atoms with E-state index in [-0.39, 0.29) is 5.91 Å². The number of nitrogens with zero attached hydrogens (tertiary/aromatic N) is 3. The van der Waals surface area contributed by atoms with Gasteiger partial charge in [-0.2, -0.15) is 0 Å². The minimum absolute atomic E-state index is 0.0552. The van der Waals surface area contributed by atoms with Crippen molar-refractivity contribution in [1.29, 1.82) is 0 Å². The lowest BCUT2D eigenvalue weighted by Gasteiger charge is -2.36. The van der Waals surface area contributed by atoms with Crippen LogP contribution in [0.3, 0.4) is 0 Å². The van der Waals surface area contributed by atoms with Crippen LogP contribution in [0.1, 0.15) is 37.7 Å². The Hall–Kier alpha value is -3.26. The number of nitrogens with one attached hydrogen (secondary N) is 1. The molecule has 1 aromatic rings. The Morgan fingerprint density at radius 2 is 1.97 bits per heavy atom. The van der Waals surface area contributed by atoms with Gasteiger partial charge in [-0.15, -0.1) is 0 Å². The summed E-state index contributed by atoms with van der Waals surface area (Å²) in [5.41, 5.74) is 3.08. The predicted molar refractivity (Wildman–Crippen MR) is 129 cm³/mol. The first-order chi connectivity index (χ1) is 16.7. The first-order valence-corrected chi connectivity index (χ1v) is 12.2. The highest BCUT2D eigenvalue weighted by Gasteiger charge is 2.22. The standard InChI is InChI=1S/C26H32N4O4/c31-24-9-8-21-17-27-25(16-22(21)28-24)32-15-5-4-10-29-11-13-30(14-12-29)26-19-33-23(18-34-26)20-6-2-1-3-7-20/h1-2,6,16-19H,3-5,7-15H2,(H,28,31). The third kappa shape index (κ3) is 5.62. The van der Waals surface area contributed by atoms with E-state index in [1.54, 1.807) is 18.7 Å². The van der Waals surface area contributed by atoms with Crippen LogP contribution >= 0.6 is 0 Å².